The van der Waals surface area contributed by atoms with Gasteiger partial charge < -0.3 is 30.5 Å². The SMILES string of the molecule is Cc1c(O)cccc1C(=O)N[C@@H](Cc1ccccc1)[C@H](O)C(=O)N1CC(F)(F)C[C@H]1C(=O)NCCCN1CCOCC1. The largest absolute Gasteiger partial charge is 0.508 e. The van der Waals surface area contributed by atoms with Gasteiger partial charge in [0.05, 0.1) is 25.8 Å². The van der Waals surface area contributed by atoms with Gasteiger partial charge in [0.1, 0.15) is 11.8 Å². The highest BCUT2D eigenvalue weighted by molar-refractivity contribution is 5.97. The van der Waals surface area contributed by atoms with Gasteiger partial charge in [-0.2, -0.15) is 0 Å². The van der Waals surface area contributed by atoms with Crippen molar-refractivity contribution in [2.24, 2.45) is 0 Å². The zero-order chi connectivity index (χ0) is 30.3. The number of aliphatic hydroxyl groups is 1. The molecule has 0 saturated carbocycles. The summed E-state index contributed by atoms with van der Waals surface area (Å²) in [5.74, 6) is -5.86. The lowest BCUT2D eigenvalue weighted by Gasteiger charge is -2.30. The molecule has 3 atom stereocenters. The summed E-state index contributed by atoms with van der Waals surface area (Å²) in [5, 5.41) is 26.5. The number of phenolic OH excluding ortho intramolecular Hbond substituents is 1. The molecule has 228 valence electrons. The molecule has 2 aromatic rings. The van der Waals surface area contributed by atoms with Crippen molar-refractivity contribution >= 4 is 17.7 Å². The molecule has 4 N–H and O–H groups in total. The molecule has 0 unspecified atom stereocenters. The highest BCUT2D eigenvalue weighted by Gasteiger charge is 2.51. The first-order chi connectivity index (χ1) is 20.1. The number of hydrogen-bond donors (Lipinski definition) is 4. The van der Waals surface area contributed by atoms with E-state index < -0.39 is 54.8 Å². The highest BCUT2D eigenvalue weighted by atomic mass is 19.3. The zero-order valence-electron chi connectivity index (χ0n) is 23.6. The third-order valence-corrected chi connectivity index (χ3v) is 7.71. The first-order valence-corrected chi connectivity index (χ1v) is 14.1. The fourth-order valence-electron chi connectivity index (χ4n) is 5.31. The quantitative estimate of drug-likeness (QED) is 0.293. The number of carbonyl (C=O) groups is 3. The van der Waals surface area contributed by atoms with Crippen LogP contribution in [-0.4, -0.2) is 108 Å². The van der Waals surface area contributed by atoms with E-state index in [0.29, 0.717) is 42.2 Å². The molecule has 0 radical (unpaired) electrons. The Kier molecular flexibility index (Phi) is 10.5. The van der Waals surface area contributed by atoms with Gasteiger partial charge in [-0.15, -0.1) is 0 Å². The maximum Gasteiger partial charge on any atom is 0.267 e. The molecule has 0 aromatic heterocycles. The van der Waals surface area contributed by atoms with Crippen LogP contribution in [-0.2, 0) is 20.7 Å². The molecule has 42 heavy (non-hydrogen) atoms. The molecule has 0 spiro atoms. The van der Waals surface area contributed by atoms with Crippen LogP contribution >= 0.6 is 0 Å². The number of aliphatic hydroxyl groups excluding tert-OH is 1. The number of phenols is 1. The number of nitrogens with one attached hydrogen (secondary N) is 2. The number of rotatable bonds is 11. The average Bonchev–Trinajstić information content (AvgIpc) is 3.32. The monoisotopic (exact) mass is 588 g/mol. The summed E-state index contributed by atoms with van der Waals surface area (Å²) in [6, 6.07) is 10.5. The van der Waals surface area contributed by atoms with E-state index in [4.69, 9.17) is 4.74 Å². The van der Waals surface area contributed by atoms with Crippen LogP contribution in [0.25, 0.3) is 0 Å². The standard InChI is InChI=1S/C30H38F2N4O6/c1-20-22(9-5-10-25(20)37)27(39)34-23(17-21-7-3-2-4-8-21)26(38)29(41)36-19-30(31,32)18-24(36)28(40)33-11-6-12-35-13-15-42-16-14-35/h2-5,7-10,23-24,26,37-38H,6,11-19H2,1H3,(H,33,40)(H,34,39)/t23-,24-,26-/m0/s1. The van der Waals surface area contributed by atoms with Crippen LogP contribution in [0.15, 0.2) is 48.5 Å². The van der Waals surface area contributed by atoms with Crippen molar-refractivity contribution in [1.82, 2.24) is 20.4 Å². The minimum absolute atomic E-state index is 0.0139. The minimum atomic E-state index is -3.32. The van der Waals surface area contributed by atoms with Crippen molar-refractivity contribution in [3.63, 3.8) is 0 Å². The van der Waals surface area contributed by atoms with Crippen LogP contribution in [0.1, 0.15) is 34.3 Å². The average molecular weight is 589 g/mol. The van der Waals surface area contributed by atoms with Crippen LogP contribution in [0.4, 0.5) is 8.78 Å². The van der Waals surface area contributed by atoms with E-state index in [2.05, 4.69) is 15.5 Å². The van der Waals surface area contributed by atoms with Crippen molar-refractivity contribution in [2.45, 2.75) is 50.3 Å². The number of nitrogens with zero attached hydrogens (tertiary/aromatic N) is 2. The molecule has 0 bridgehead atoms. The number of benzene rings is 2. The molecule has 3 amide bonds. The van der Waals surface area contributed by atoms with Gasteiger partial charge in [-0.25, -0.2) is 8.78 Å². The van der Waals surface area contributed by atoms with E-state index in [1.54, 1.807) is 37.3 Å². The Hall–Kier alpha value is -3.61. The lowest BCUT2D eigenvalue weighted by Crippen LogP contribution is -2.56. The third kappa shape index (κ3) is 8.02. The second kappa shape index (κ2) is 14.0. The number of halogens is 2. The number of morpholine rings is 1. The first kappa shape index (κ1) is 31.3. The van der Waals surface area contributed by atoms with E-state index >= 15 is 0 Å². The topological polar surface area (TPSA) is 131 Å². The van der Waals surface area contributed by atoms with Crippen LogP contribution < -0.4 is 10.6 Å². The van der Waals surface area contributed by atoms with Crippen LogP contribution in [0.3, 0.4) is 0 Å². The molecular formula is C30H38F2N4O6. The summed E-state index contributed by atoms with van der Waals surface area (Å²) in [5.41, 5.74) is 1.12. The van der Waals surface area contributed by atoms with E-state index in [0.717, 1.165) is 13.1 Å². The Morgan fingerprint density at radius 3 is 2.52 bits per heavy atom. The van der Waals surface area contributed by atoms with Crippen molar-refractivity contribution in [3.8, 4) is 5.75 Å². The Morgan fingerprint density at radius 1 is 1.10 bits per heavy atom. The van der Waals surface area contributed by atoms with Crippen molar-refractivity contribution in [3.05, 3.63) is 65.2 Å². The molecular weight excluding hydrogens is 550 g/mol. The molecule has 2 saturated heterocycles. The van der Waals surface area contributed by atoms with Crippen molar-refractivity contribution in [1.29, 1.82) is 0 Å². The van der Waals surface area contributed by atoms with Gasteiger partial charge in [0.25, 0.3) is 17.7 Å². The predicted octanol–water partition coefficient (Wildman–Crippen LogP) is 1.48. The fraction of sp³-hybridized carbons (Fsp3) is 0.500. The summed E-state index contributed by atoms with van der Waals surface area (Å²) < 4.78 is 34.4. The number of likely N-dealkylation sites (tertiary alicyclic amines) is 1. The van der Waals surface area contributed by atoms with E-state index in [9.17, 15) is 33.4 Å². The Morgan fingerprint density at radius 2 is 1.81 bits per heavy atom. The van der Waals surface area contributed by atoms with Gasteiger partial charge in [-0.3, -0.25) is 19.3 Å². The van der Waals surface area contributed by atoms with Gasteiger partial charge in [0.2, 0.25) is 5.91 Å². The van der Waals surface area contributed by atoms with Crippen LogP contribution in [0, 0.1) is 6.92 Å². The lowest BCUT2D eigenvalue weighted by molar-refractivity contribution is -0.147. The molecule has 12 heteroatoms. The lowest BCUT2D eigenvalue weighted by atomic mass is 9.98. The maximum absolute atomic E-state index is 14.6. The van der Waals surface area contributed by atoms with Crippen LogP contribution in [0.2, 0.25) is 0 Å². The van der Waals surface area contributed by atoms with E-state index in [1.165, 1.54) is 18.2 Å². The van der Waals surface area contributed by atoms with E-state index in [1.807, 2.05) is 0 Å². The van der Waals surface area contributed by atoms with Gasteiger partial charge in [0, 0.05) is 37.2 Å². The number of aromatic hydroxyl groups is 1. The summed E-state index contributed by atoms with van der Waals surface area (Å²) in [7, 11) is 0. The molecule has 2 aromatic carbocycles. The normalized spacial score (nSPS) is 20.1. The van der Waals surface area contributed by atoms with Crippen molar-refractivity contribution in [2.75, 3.05) is 45.9 Å². The fourth-order valence-corrected chi connectivity index (χ4v) is 5.31. The summed E-state index contributed by atoms with van der Waals surface area (Å²) in [4.78, 5) is 42.5. The molecule has 2 aliphatic heterocycles. The van der Waals surface area contributed by atoms with Gasteiger partial charge >= 0.3 is 0 Å². The summed E-state index contributed by atoms with van der Waals surface area (Å²) in [6.45, 7) is 4.35. The molecule has 4 rings (SSSR count). The number of amides is 3. The van der Waals surface area contributed by atoms with Gasteiger partial charge in [-0.05, 0) is 44.0 Å². The number of ether oxygens (including phenoxy) is 1. The Labute approximate surface area is 243 Å². The Balaban J connectivity index is 1.46. The smallest absolute Gasteiger partial charge is 0.267 e. The predicted molar refractivity (Wildman–Crippen MR) is 150 cm³/mol. The number of alkyl halides is 2. The van der Waals surface area contributed by atoms with Crippen LogP contribution in [0.5, 0.6) is 5.75 Å². The van der Waals surface area contributed by atoms with Gasteiger partial charge in [-0.1, -0.05) is 36.4 Å². The first-order valence-electron chi connectivity index (χ1n) is 14.1. The third-order valence-electron chi connectivity index (χ3n) is 7.71. The second-order valence-corrected chi connectivity index (χ2v) is 10.8. The number of hydrogen-bond acceptors (Lipinski definition) is 7. The molecule has 2 aliphatic rings. The summed E-state index contributed by atoms with van der Waals surface area (Å²) >= 11 is 0. The van der Waals surface area contributed by atoms with Crippen molar-refractivity contribution < 1.29 is 38.1 Å². The Bertz CT molecular complexity index is 1240. The molecule has 0 aliphatic carbocycles. The van der Waals surface area contributed by atoms with Gasteiger partial charge in [0.15, 0.2) is 6.10 Å². The molecule has 10 nitrogen and oxygen atoms in total. The summed E-state index contributed by atoms with van der Waals surface area (Å²) in [6.07, 6.45) is -2.17. The molecule has 2 fully saturated rings. The second-order valence-electron chi connectivity index (χ2n) is 10.8. The van der Waals surface area contributed by atoms with E-state index in [-0.39, 0.29) is 24.3 Å². The molecule has 2 heterocycles. The highest BCUT2D eigenvalue weighted by Crippen LogP contribution is 2.33. The maximum atomic E-state index is 14.6. The number of carbonyl (C=O) groups excluding carboxylic acids is 3. The zero-order valence-corrected chi connectivity index (χ0v) is 23.6. The minimum Gasteiger partial charge on any atom is -0.508 e.